The third kappa shape index (κ3) is 3.35. The standard InChI is InChI=1S/C25H27N3O3S/c1-15-21(9-10-30-15)23-13-22-24(32-23)25(29)28(14-26-22)16-5-7-19(8-6-16)31-20-11-17-3-4-18(12-20)27(17)2/h5-8,13-14,17-18,20H,3-4,9-12H2,1-2H3/t17-,18+,20+. The fourth-order valence-electron chi connectivity index (χ4n) is 5.45. The first-order valence-electron chi connectivity index (χ1n) is 11.4. The van der Waals surface area contributed by atoms with E-state index >= 15 is 0 Å². The summed E-state index contributed by atoms with van der Waals surface area (Å²) in [4.78, 5) is 21.4. The Morgan fingerprint density at radius 2 is 1.91 bits per heavy atom. The number of hydrogen-bond acceptors (Lipinski definition) is 6. The van der Waals surface area contributed by atoms with Crippen molar-refractivity contribution in [2.75, 3.05) is 13.7 Å². The Labute approximate surface area is 191 Å². The monoisotopic (exact) mass is 449 g/mol. The Bertz CT molecular complexity index is 1250. The number of allylic oxidation sites excluding steroid dienone is 1. The summed E-state index contributed by atoms with van der Waals surface area (Å²) in [6.45, 7) is 2.69. The van der Waals surface area contributed by atoms with Gasteiger partial charge in [-0.05, 0) is 70.0 Å². The van der Waals surface area contributed by atoms with Gasteiger partial charge in [0.2, 0.25) is 0 Å². The highest BCUT2D eigenvalue weighted by Crippen LogP contribution is 2.36. The van der Waals surface area contributed by atoms with Crippen LogP contribution in [0.2, 0.25) is 0 Å². The molecule has 2 aromatic heterocycles. The summed E-state index contributed by atoms with van der Waals surface area (Å²) >= 11 is 1.50. The number of aromatic nitrogens is 2. The van der Waals surface area contributed by atoms with Crippen LogP contribution in [0, 0.1) is 0 Å². The average molecular weight is 450 g/mol. The number of thiophene rings is 1. The number of piperidine rings is 1. The molecule has 3 aliphatic rings. The number of hydrogen-bond donors (Lipinski definition) is 0. The minimum Gasteiger partial charge on any atom is -0.498 e. The maximum absolute atomic E-state index is 13.2. The Balaban J connectivity index is 1.24. The SMILES string of the molecule is CC1=C(c2cc3ncn(-c4ccc(O[C@H]5C[C@H]6CC[C@@H](C5)N6C)cc4)c(=O)c3s2)CCO1. The molecule has 2 saturated heterocycles. The molecule has 0 radical (unpaired) electrons. The van der Waals surface area contributed by atoms with Gasteiger partial charge in [0.15, 0.2) is 0 Å². The van der Waals surface area contributed by atoms with E-state index in [2.05, 4.69) is 16.9 Å². The molecule has 1 aromatic carbocycles. The predicted molar refractivity (Wildman–Crippen MR) is 127 cm³/mol. The van der Waals surface area contributed by atoms with Crippen LogP contribution in [0.4, 0.5) is 0 Å². The normalized spacial score (nSPS) is 25.5. The van der Waals surface area contributed by atoms with Gasteiger partial charge in [-0.15, -0.1) is 11.3 Å². The molecule has 0 saturated carbocycles. The lowest BCUT2D eigenvalue weighted by molar-refractivity contribution is 0.0662. The van der Waals surface area contributed by atoms with Crippen molar-refractivity contribution >= 4 is 27.1 Å². The lowest BCUT2D eigenvalue weighted by Gasteiger charge is -2.36. The molecule has 3 atom stereocenters. The van der Waals surface area contributed by atoms with E-state index in [4.69, 9.17) is 9.47 Å². The molecule has 5 heterocycles. The van der Waals surface area contributed by atoms with Gasteiger partial charge in [0.05, 0.1) is 23.6 Å². The first-order chi connectivity index (χ1) is 15.6. The Morgan fingerprint density at radius 3 is 2.59 bits per heavy atom. The Morgan fingerprint density at radius 1 is 1.16 bits per heavy atom. The van der Waals surface area contributed by atoms with E-state index in [1.54, 1.807) is 10.9 Å². The summed E-state index contributed by atoms with van der Waals surface area (Å²) in [6, 6.07) is 11.1. The van der Waals surface area contributed by atoms with E-state index in [1.807, 2.05) is 37.3 Å². The van der Waals surface area contributed by atoms with Crippen LogP contribution >= 0.6 is 11.3 Å². The zero-order valence-electron chi connectivity index (χ0n) is 18.4. The summed E-state index contributed by atoms with van der Waals surface area (Å²) in [5.41, 5.74) is 2.69. The molecule has 0 spiro atoms. The van der Waals surface area contributed by atoms with Crippen molar-refractivity contribution < 1.29 is 9.47 Å². The second-order valence-electron chi connectivity index (χ2n) is 9.13. The molecular weight excluding hydrogens is 422 g/mol. The predicted octanol–water partition coefficient (Wildman–Crippen LogP) is 4.60. The van der Waals surface area contributed by atoms with Crippen LogP contribution in [-0.2, 0) is 4.74 Å². The highest BCUT2D eigenvalue weighted by molar-refractivity contribution is 7.19. The summed E-state index contributed by atoms with van der Waals surface area (Å²) in [5.74, 6) is 1.82. The maximum atomic E-state index is 13.2. The molecule has 166 valence electrons. The van der Waals surface area contributed by atoms with Crippen LogP contribution in [0.3, 0.4) is 0 Å². The van der Waals surface area contributed by atoms with Gasteiger partial charge in [-0.2, -0.15) is 0 Å². The van der Waals surface area contributed by atoms with Crippen LogP contribution < -0.4 is 10.3 Å². The number of benzene rings is 1. The lowest BCUT2D eigenvalue weighted by atomic mass is 10.0. The molecule has 0 N–H and O–H groups in total. The molecule has 0 amide bonds. The van der Waals surface area contributed by atoms with Crippen LogP contribution in [0.15, 0.2) is 47.2 Å². The quantitative estimate of drug-likeness (QED) is 0.583. The summed E-state index contributed by atoms with van der Waals surface area (Å²) < 4.78 is 14.2. The van der Waals surface area contributed by atoms with Gasteiger partial charge >= 0.3 is 0 Å². The highest BCUT2D eigenvalue weighted by Gasteiger charge is 2.39. The lowest BCUT2D eigenvalue weighted by Crippen LogP contribution is -2.43. The van der Waals surface area contributed by atoms with Gasteiger partial charge in [0.25, 0.3) is 5.56 Å². The van der Waals surface area contributed by atoms with E-state index < -0.39 is 0 Å². The first-order valence-corrected chi connectivity index (χ1v) is 12.2. The van der Waals surface area contributed by atoms with Crippen molar-refractivity contribution in [2.24, 2.45) is 0 Å². The van der Waals surface area contributed by atoms with Crippen molar-refractivity contribution in [1.82, 2.24) is 14.5 Å². The van der Waals surface area contributed by atoms with Crippen molar-refractivity contribution in [1.29, 1.82) is 0 Å². The van der Waals surface area contributed by atoms with E-state index in [-0.39, 0.29) is 11.7 Å². The van der Waals surface area contributed by atoms with E-state index in [0.717, 1.165) is 46.9 Å². The van der Waals surface area contributed by atoms with Crippen LogP contribution in [0.25, 0.3) is 21.5 Å². The number of ether oxygens (including phenoxy) is 2. The topological polar surface area (TPSA) is 56.6 Å². The molecular formula is C25H27N3O3S. The van der Waals surface area contributed by atoms with Crippen molar-refractivity contribution in [3.05, 3.63) is 57.6 Å². The van der Waals surface area contributed by atoms with Gasteiger partial charge in [-0.3, -0.25) is 9.36 Å². The van der Waals surface area contributed by atoms with Crippen LogP contribution in [0.5, 0.6) is 5.75 Å². The molecule has 6 nitrogen and oxygen atoms in total. The van der Waals surface area contributed by atoms with Gasteiger partial charge in [-0.25, -0.2) is 4.98 Å². The molecule has 3 aliphatic heterocycles. The van der Waals surface area contributed by atoms with E-state index in [1.165, 1.54) is 29.8 Å². The molecule has 2 fully saturated rings. The van der Waals surface area contributed by atoms with Crippen LogP contribution in [0.1, 0.15) is 43.9 Å². The Hall–Kier alpha value is -2.64. The molecule has 3 aromatic rings. The van der Waals surface area contributed by atoms with Crippen molar-refractivity contribution in [2.45, 2.75) is 57.2 Å². The minimum atomic E-state index is -0.0380. The second-order valence-corrected chi connectivity index (χ2v) is 10.2. The summed E-state index contributed by atoms with van der Waals surface area (Å²) in [5, 5.41) is 0. The highest BCUT2D eigenvalue weighted by atomic mass is 32.1. The molecule has 7 heteroatoms. The van der Waals surface area contributed by atoms with E-state index in [9.17, 15) is 4.79 Å². The number of fused-ring (bicyclic) bond motifs is 3. The average Bonchev–Trinajstić information content (AvgIpc) is 3.45. The molecule has 32 heavy (non-hydrogen) atoms. The molecule has 6 rings (SSSR count). The van der Waals surface area contributed by atoms with Crippen molar-refractivity contribution in [3.8, 4) is 11.4 Å². The van der Waals surface area contributed by atoms with Crippen LogP contribution in [-0.4, -0.2) is 46.3 Å². The molecule has 2 bridgehead atoms. The van der Waals surface area contributed by atoms with Gasteiger partial charge < -0.3 is 14.4 Å². The minimum absolute atomic E-state index is 0.0380. The second kappa shape index (κ2) is 7.74. The third-order valence-corrected chi connectivity index (χ3v) is 8.48. The fraction of sp³-hybridized carbons (Fsp3) is 0.440. The van der Waals surface area contributed by atoms with Gasteiger partial charge in [0.1, 0.15) is 22.9 Å². The summed E-state index contributed by atoms with van der Waals surface area (Å²) in [6.07, 6.45) is 7.54. The molecule has 0 aliphatic carbocycles. The fourth-order valence-corrected chi connectivity index (χ4v) is 6.61. The van der Waals surface area contributed by atoms with Gasteiger partial charge in [0, 0.05) is 29.0 Å². The summed E-state index contributed by atoms with van der Waals surface area (Å²) in [7, 11) is 2.24. The zero-order valence-corrected chi connectivity index (χ0v) is 19.2. The zero-order chi connectivity index (χ0) is 21.8. The number of nitrogens with zero attached hydrogens (tertiary/aromatic N) is 3. The molecule has 0 unspecified atom stereocenters. The Kier molecular flexibility index (Phi) is 4.84. The number of rotatable bonds is 4. The largest absolute Gasteiger partial charge is 0.498 e. The van der Waals surface area contributed by atoms with Gasteiger partial charge in [-0.1, -0.05) is 0 Å². The first kappa shape index (κ1) is 20.0. The van der Waals surface area contributed by atoms with E-state index in [0.29, 0.717) is 23.4 Å². The van der Waals surface area contributed by atoms with Crippen molar-refractivity contribution in [3.63, 3.8) is 0 Å². The third-order valence-electron chi connectivity index (χ3n) is 7.30. The smallest absolute Gasteiger partial charge is 0.275 e. The maximum Gasteiger partial charge on any atom is 0.275 e.